The zero-order valence-electron chi connectivity index (χ0n) is 16.2. The molecule has 3 rings (SSSR count). The Morgan fingerprint density at radius 1 is 1.12 bits per heavy atom. The Bertz CT molecular complexity index is 544. The maximum absolute atomic E-state index is 12.3. The molecular formula is C22H34N2O2. The fourth-order valence-corrected chi connectivity index (χ4v) is 4.29. The topological polar surface area (TPSA) is 41.6 Å². The third-order valence-electron chi connectivity index (χ3n) is 5.82. The molecule has 1 heterocycles. The van der Waals surface area contributed by atoms with Crippen molar-refractivity contribution in [1.29, 1.82) is 0 Å². The van der Waals surface area contributed by atoms with Crippen LogP contribution in [0.2, 0.25) is 0 Å². The minimum atomic E-state index is 0.188. The van der Waals surface area contributed by atoms with Gasteiger partial charge in [-0.1, -0.05) is 25.0 Å². The summed E-state index contributed by atoms with van der Waals surface area (Å²) in [5.74, 6) is 2.01. The summed E-state index contributed by atoms with van der Waals surface area (Å²) in [4.78, 5) is 14.9. The smallest absolute Gasteiger partial charge is 0.220 e. The fraction of sp³-hybridized carbons (Fsp3) is 0.682. The Balaban J connectivity index is 1.32. The molecular weight excluding hydrogens is 324 g/mol. The highest BCUT2D eigenvalue weighted by Gasteiger charge is 2.24. The number of carbonyl (C=O) groups is 1. The van der Waals surface area contributed by atoms with Crippen LogP contribution >= 0.6 is 0 Å². The van der Waals surface area contributed by atoms with Crippen molar-refractivity contribution in [1.82, 2.24) is 10.2 Å². The van der Waals surface area contributed by atoms with Gasteiger partial charge in [-0.3, -0.25) is 4.79 Å². The highest BCUT2D eigenvalue weighted by molar-refractivity contribution is 5.76. The SMILES string of the molecule is CCOc1ccc(CCC(=O)NC2CCN(CC3CCCC3)CC2)cc1. The van der Waals surface area contributed by atoms with Crippen LogP contribution in [0.1, 0.15) is 57.4 Å². The summed E-state index contributed by atoms with van der Waals surface area (Å²) in [6.45, 7) is 6.22. The summed E-state index contributed by atoms with van der Waals surface area (Å²) in [5, 5.41) is 3.24. The van der Waals surface area contributed by atoms with Crippen molar-refractivity contribution in [2.24, 2.45) is 5.92 Å². The third kappa shape index (κ3) is 6.01. The average molecular weight is 359 g/mol. The van der Waals surface area contributed by atoms with Crippen molar-refractivity contribution >= 4 is 5.91 Å². The van der Waals surface area contributed by atoms with Gasteiger partial charge in [0, 0.05) is 32.1 Å². The minimum Gasteiger partial charge on any atom is -0.494 e. The molecule has 2 aliphatic rings. The van der Waals surface area contributed by atoms with Crippen LogP contribution in [0.25, 0.3) is 0 Å². The molecule has 2 fully saturated rings. The van der Waals surface area contributed by atoms with Gasteiger partial charge in [0.05, 0.1) is 6.61 Å². The summed E-state index contributed by atoms with van der Waals surface area (Å²) in [7, 11) is 0. The molecule has 1 aromatic rings. The number of hydrogen-bond acceptors (Lipinski definition) is 3. The number of piperidine rings is 1. The number of ether oxygens (including phenoxy) is 1. The van der Waals surface area contributed by atoms with Gasteiger partial charge in [-0.2, -0.15) is 0 Å². The van der Waals surface area contributed by atoms with Gasteiger partial charge in [0.25, 0.3) is 0 Å². The second kappa shape index (κ2) is 9.96. The van der Waals surface area contributed by atoms with E-state index in [1.165, 1.54) is 37.8 Å². The Labute approximate surface area is 158 Å². The van der Waals surface area contributed by atoms with Gasteiger partial charge < -0.3 is 15.0 Å². The molecule has 0 bridgehead atoms. The Hall–Kier alpha value is -1.55. The lowest BCUT2D eigenvalue weighted by molar-refractivity contribution is -0.122. The van der Waals surface area contributed by atoms with Gasteiger partial charge >= 0.3 is 0 Å². The third-order valence-corrected chi connectivity index (χ3v) is 5.82. The summed E-state index contributed by atoms with van der Waals surface area (Å²) in [6.07, 6.45) is 9.24. The molecule has 1 saturated carbocycles. The van der Waals surface area contributed by atoms with Gasteiger partial charge in [-0.25, -0.2) is 0 Å². The largest absolute Gasteiger partial charge is 0.494 e. The van der Waals surface area contributed by atoms with Crippen LogP contribution in [0, 0.1) is 5.92 Å². The summed E-state index contributed by atoms with van der Waals surface area (Å²) >= 11 is 0. The standard InChI is InChI=1S/C22H34N2O2/c1-2-26-21-10-7-18(8-11-21)9-12-22(25)23-20-13-15-24(16-14-20)17-19-5-3-4-6-19/h7-8,10-11,19-20H,2-6,9,12-17H2,1H3,(H,23,25). The number of nitrogens with one attached hydrogen (secondary N) is 1. The van der Waals surface area contributed by atoms with Crippen molar-refractivity contribution in [2.75, 3.05) is 26.2 Å². The predicted octanol–water partition coefficient (Wildman–Crippen LogP) is 3.79. The number of hydrogen-bond donors (Lipinski definition) is 1. The number of likely N-dealkylation sites (tertiary alicyclic amines) is 1. The molecule has 0 radical (unpaired) electrons. The van der Waals surface area contributed by atoms with Gasteiger partial charge in [0.15, 0.2) is 0 Å². The quantitative estimate of drug-likeness (QED) is 0.769. The maximum Gasteiger partial charge on any atom is 0.220 e. The molecule has 144 valence electrons. The van der Waals surface area contributed by atoms with E-state index in [4.69, 9.17) is 4.74 Å². The molecule has 4 nitrogen and oxygen atoms in total. The van der Waals surface area contributed by atoms with E-state index in [1.807, 2.05) is 19.1 Å². The molecule has 0 spiro atoms. The molecule has 0 unspecified atom stereocenters. The molecule has 26 heavy (non-hydrogen) atoms. The van der Waals surface area contributed by atoms with Crippen LogP contribution in [-0.4, -0.2) is 43.1 Å². The Kier molecular flexibility index (Phi) is 7.36. The van der Waals surface area contributed by atoms with Crippen LogP contribution in [-0.2, 0) is 11.2 Å². The highest BCUT2D eigenvalue weighted by atomic mass is 16.5. The molecule has 0 atom stereocenters. The zero-order valence-corrected chi connectivity index (χ0v) is 16.2. The molecule has 1 saturated heterocycles. The number of nitrogens with zero attached hydrogens (tertiary/aromatic N) is 1. The van der Waals surface area contributed by atoms with E-state index in [0.717, 1.165) is 44.0 Å². The van der Waals surface area contributed by atoms with E-state index >= 15 is 0 Å². The lowest BCUT2D eigenvalue weighted by Crippen LogP contribution is -2.45. The molecule has 1 aromatic carbocycles. The van der Waals surface area contributed by atoms with Gasteiger partial charge in [-0.15, -0.1) is 0 Å². The first kappa shape index (κ1) is 19.2. The van der Waals surface area contributed by atoms with Crippen LogP contribution < -0.4 is 10.1 Å². The summed E-state index contributed by atoms with van der Waals surface area (Å²) < 4.78 is 5.45. The number of carbonyl (C=O) groups excluding carboxylic acids is 1. The molecule has 1 N–H and O–H groups in total. The van der Waals surface area contributed by atoms with Crippen molar-refractivity contribution in [2.45, 2.75) is 64.3 Å². The monoisotopic (exact) mass is 358 g/mol. The van der Waals surface area contributed by atoms with Gasteiger partial charge in [0.1, 0.15) is 5.75 Å². The number of rotatable bonds is 8. The van der Waals surface area contributed by atoms with E-state index in [-0.39, 0.29) is 5.91 Å². The van der Waals surface area contributed by atoms with Crippen LogP contribution in [0.4, 0.5) is 0 Å². The first-order valence-corrected chi connectivity index (χ1v) is 10.5. The molecule has 4 heteroatoms. The van der Waals surface area contributed by atoms with Crippen molar-refractivity contribution < 1.29 is 9.53 Å². The predicted molar refractivity (Wildman–Crippen MR) is 105 cm³/mol. The second-order valence-corrected chi connectivity index (χ2v) is 7.87. The summed E-state index contributed by atoms with van der Waals surface area (Å²) in [6, 6.07) is 8.44. The number of benzene rings is 1. The Morgan fingerprint density at radius 2 is 1.81 bits per heavy atom. The van der Waals surface area contributed by atoms with Gasteiger partial charge in [0.2, 0.25) is 5.91 Å². The Morgan fingerprint density at radius 3 is 2.46 bits per heavy atom. The van der Waals surface area contributed by atoms with Crippen LogP contribution in [0.3, 0.4) is 0 Å². The number of amides is 1. The molecule has 1 amide bonds. The van der Waals surface area contributed by atoms with Gasteiger partial charge in [-0.05, 0) is 62.6 Å². The van der Waals surface area contributed by atoms with E-state index in [2.05, 4.69) is 22.3 Å². The van der Waals surface area contributed by atoms with Crippen LogP contribution in [0.15, 0.2) is 24.3 Å². The normalized spacial score (nSPS) is 19.6. The average Bonchev–Trinajstić information content (AvgIpc) is 3.16. The van der Waals surface area contributed by atoms with Crippen molar-refractivity contribution in [3.05, 3.63) is 29.8 Å². The van der Waals surface area contributed by atoms with Crippen molar-refractivity contribution in [3.8, 4) is 5.75 Å². The van der Waals surface area contributed by atoms with Crippen LogP contribution in [0.5, 0.6) is 5.75 Å². The van der Waals surface area contributed by atoms with E-state index in [1.54, 1.807) is 0 Å². The fourth-order valence-electron chi connectivity index (χ4n) is 4.29. The maximum atomic E-state index is 12.3. The van der Waals surface area contributed by atoms with E-state index in [9.17, 15) is 4.79 Å². The molecule has 1 aliphatic carbocycles. The van der Waals surface area contributed by atoms with Crippen molar-refractivity contribution in [3.63, 3.8) is 0 Å². The highest BCUT2D eigenvalue weighted by Crippen LogP contribution is 2.26. The first-order chi connectivity index (χ1) is 12.7. The first-order valence-electron chi connectivity index (χ1n) is 10.5. The van der Waals surface area contributed by atoms with E-state index < -0.39 is 0 Å². The number of aryl methyl sites for hydroxylation is 1. The zero-order chi connectivity index (χ0) is 18.2. The van der Waals surface area contributed by atoms with E-state index in [0.29, 0.717) is 19.1 Å². The lowest BCUT2D eigenvalue weighted by Gasteiger charge is -2.33. The molecule has 1 aliphatic heterocycles. The molecule has 0 aromatic heterocycles. The lowest BCUT2D eigenvalue weighted by atomic mass is 10.0. The minimum absolute atomic E-state index is 0.188. The second-order valence-electron chi connectivity index (χ2n) is 7.87. The summed E-state index contributed by atoms with van der Waals surface area (Å²) in [5.41, 5.74) is 1.19.